The first-order valence-corrected chi connectivity index (χ1v) is 11.3. The van der Waals surface area contributed by atoms with Gasteiger partial charge in [-0.2, -0.15) is 9.61 Å². The fourth-order valence-electron chi connectivity index (χ4n) is 3.24. The van der Waals surface area contributed by atoms with Gasteiger partial charge in [0.05, 0.1) is 10.6 Å². The van der Waals surface area contributed by atoms with E-state index in [0.29, 0.717) is 28.5 Å². The van der Waals surface area contributed by atoms with Gasteiger partial charge in [0.15, 0.2) is 5.65 Å². The Balaban J connectivity index is 1.43. The molecule has 0 radical (unpaired) electrons. The van der Waals surface area contributed by atoms with Gasteiger partial charge in [-0.05, 0) is 55.5 Å². The van der Waals surface area contributed by atoms with E-state index in [1.807, 2.05) is 49.4 Å². The number of fused-ring (bicyclic) bond motifs is 1. The SMILES string of the molecule is Cc1ccc(S(=O)(=O)Nc2ccc(-c3ccc4nnc(-c5ccccn5)n4n3)cc2)cc1. The van der Waals surface area contributed by atoms with Crippen LogP contribution in [-0.4, -0.2) is 33.2 Å². The third kappa shape index (κ3) is 3.81. The molecule has 0 bridgehead atoms. The Labute approximate surface area is 184 Å². The Morgan fingerprint density at radius 1 is 0.812 bits per heavy atom. The topological polar surface area (TPSA) is 102 Å². The smallest absolute Gasteiger partial charge is 0.261 e. The lowest BCUT2D eigenvalue weighted by atomic mass is 10.1. The minimum Gasteiger partial charge on any atom is -0.280 e. The average Bonchev–Trinajstić information content (AvgIpc) is 3.23. The maximum Gasteiger partial charge on any atom is 0.261 e. The molecule has 158 valence electrons. The lowest BCUT2D eigenvalue weighted by Gasteiger charge is -2.09. The summed E-state index contributed by atoms with van der Waals surface area (Å²) in [6.07, 6.45) is 1.69. The molecule has 0 spiro atoms. The van der Waals surface area contributed by atoms with E-state index in [1.54, 1.807) is 47.1 Å². The van der Waals surface area contributed by atoms with Gasteiger partial charge >= 0.3 is 0 Å². The Kier molecular flexibility index (Phi) is 4.87. The molecule has 32 heavy (non-hydrogen) atoms. The van der Waals surface area contributed by atoms with E-state index < -0.39 is 10.0 Å². The zero-order valence-corrected chi connectivity index (χ0v) is 17.9. The molecular formula is C23H18N6O2S. The zero-order chi connectivity index (χ0) is 22.1. The molecule has 8 nitrogen and oxygen atoms in total. The number of benzene rings is 2. The van der Waals surface area contributed by atoms with Gasteiger partial charge in [0, 0.05) is 17.4 Å². The van der Waals surface area contributed by atoms with Crippen molar-refractivity contribution in [3.05, 3.63) is 90.6 Å². The largest absolute Gasteiger partial charge is 0.280 e. The van der Waals surface area contributed by atoms with Crippen LogP contribution in [0.15, 0.2) is 90.0 Å². The van der Waals surface area contributed by atoms with E-state index in [2.05, 4.69) is 25.0 Å². The molecule has 5 rings (SSSR count). The molecule has 0 fully saturated rings. The maximum atomic E-state index is 12.6. The number of hydrogen-bond donors (Lipinski definition) is 1. The molecule has 3 aromatic heterocycles. The van der Waals surface area contributed by atoms with Crippen LogP contribution in [0, 0.1) is 6.92 Å². The number of anilines is 1. The van der Waals surface area contributed by atoms with Crippen molar-refractivity contribution in [2.75, 3.05) is 4.72 Å². The Hall–Kier alpha value is -4.11. The molecule has 0 aliphatic rings. The van der Waals surface area contributed by atoms with Crippen LogP contribution in [0.1, 0.15) is 5.56 Å². The van der Waals surface area contributed by atoms with Crippen LogP contribution in [0.25, 0.3) is 28.4 Å². The Morgan fingerprint density at radius 3 is 2.31 bits per heavy atom. The number of nitrogens with one attached hydrogen (secondary N) is 1. The van der Waals surface area contributed by atoms with Crippen molar-refractivity contribution >= 4 is 21.4 Å². The van der Waals surface area contributed by atoms with E-state index in [1.165, 1.54) is 0 Å². The molecule has 9 heteroatoms. The normalized spacial score (nSPS) is 11.5. The van der Waals surface area contributed by atoms with Crippen molar-refractivity contribution in [3.63, 3.8) is 0 Å². The third-order valence-corrected chi connectivity index (χ3v) is 6.32. The van der Waals surface area contributed by atoms with Crippen LogP contribution in [0.3, 0.4) is 0 Å². The predicted molar refractivity (Wildman–Crippen MR) is 121 cm³/mol. The van der Waals surface area contributed by atoms with Crippen molar-refractivity contribution in [3.8, 4) is 22.8 Å². The van der Waals surface area contributed by atoms with Gasteiger partial charge in [-0.15, -0.1) is 10.2 Å². The van der Waals surface area contributed by atoms with Crippen molar-refractivity contribution in [2.24, 2.45) is 0 Å². The number of rotatable bonds is 5. The second-order valence-electron chi connectivity index (χ2n) is 7.22. The first-order chi connectivity index (χ1) is 15.5. The molecule has 5 aromatic rings. The minimum absolute atomic E-state index is 0.217. The molecule has 0 amide bonds. The van der Waals surface area contributed by atoms with E-state index in [0.717, 1.165) is 11.1 Å². The summed E-state index contributed by atoms with van der Waals surface area (Å²) in [4.78, 5) is 4.54. The summed E-state index contributed by atoms with van der Waals surface area (Å²) in [6, 6.07) is 23.0. The molecule has 0 unspecified atom stereocenters. The first-order valence-electron chi connectivity index (χ1n) is 9.83. The summed E-state index contributed by atoms with van der Waals surface area (Å²) in [5.74, 6) is 0.546. The number of aromatic nitrogens is 5. The van der Waals surface area contributed by atoms with Gasteiger partial charge in [0.2, 0.25) is 5.82 Å². The van der Waals surface area contributed by atoms with E-state index in [-0.39, 0.29) is 4.90 Å². The molecular weight excluding hydrogens is 424 g/mol. The summed E-state index contributed by atoms with van der Waals surface area (Å²) in [5, 5.41) is 13.0. The predicted octanol–water partition coefficient (Wildman–Crippen LogP) is 3.96. The number of hydrogen-bond acceptors (Lipinski definition) is 6. The van der Waals surface area contributed by atoms with Crippen molar-refractivity contribution in [2.45, 2.75) is 11.8 Å². The van der Waals surface area contributed by atoms with E-state index >= 15 is 0 Å². The average molecular weight is 443 g/mol. The molecule has 0 atom stereocenters. The highest BCUT2D eigenvalue weighted by atomic mass is 32.2. The molecule has 0 saturated carbocycles. The standard InChI is InChI=1S/C23H18N6O2S/c1-16-5-11-19(12-6-16)32(30,31)28-18-9-7-17(8-10-18)20-13-14-22-25-26-23(29(22)27-20)21-4-2-3-15-24-21/h2-15,28H,1H3. The number of pyridine rings is 1. The fraction of sp³-hybridized carbons (Fsp3) is 0.0435. The van der Waals surface area contributed by atoms with Crippen molar-refractivity contribution in [1.29, 1.82) is 0 Å². The molecule has 0 aliphatic carbocycles. The van der Waals surface area contributed by atoms with Crippen molar-refractivity contribution < 1.29 is 8.42 Å². The number of nitrogens with zero attached hydrogens (tertiary/aromatic N) is 5. The van der Waals surface area contributed by atoms with Crippen LogP contribution in [0.4, 0.5) is 5.69 Å². The molecule has 1 N–H and O–H groups in total. The monoisotopic (exact) mass is 442 g/mol. The maximum absolute atomic E-state index is 12.6. The summed E-state index contributed by atoms with van der Waals surface area (Å²) >= 11 is 0. The lowest BCUT2D eigenvalue weighted by molar-refractivity contribution is 0.601. The second-order valence-corrected chi connectivity index (χ2v) is 8.91. The summed E-state index contributed by atoms with van der Waals surface area (Å²) in [5.41, 5.74) is 4.27. The van der Waals surface area contributed by atoms with Gasteiger partial charge in [-0.3, -0.25) is 9.71 Å². The quantitative estimate of drug-likeness (QED) is 0.442. The molecule has 0 aliphatic heterocycles. The van der Waals surface area contributed by atoms with Gasteiger partial charge in [-0.25, -0.2) is 8.42 Å². The molecule has 3 heterocycles. The number of sulfonamides is 1. The van der Waals surface area contributed by atoms with E-state index in [9.17, 15) is 8.42 Å². The highest BCUT2D eigenvalue weighted by Gasteiger charge is 2.15. The Morgan fingerprint density at radius 2 is 1.59 bits per heavy atom. The fourth-order valence-corrected chi connectivity index (χ4v) is 4.30. The van der Waals surface area contributed by atoms with E-state index in [4.69, 9.17) is 0 Å². The van der Waals surface area contributed by atoms with Crippen LogP contribution < -0.4 is 4.72 Å². The summed E-state index contributed by atoms with van der Waals surface area (Å²) in [6.45, 7) is 1.91. The highest BCUT2D eigenvalue weighted by Crippen LogP contribution is 2.23. The van der Waals surface area contributed by atoms with Gasteiger partial charge in [0.1, 0.15) is 5.69 Å². The minimum atomic E-state index is -3.66. The van der Waals surface area contributed by atoms with Crippen LogP contribution >= 0.6 is 0 Å². The summed E-state index contributed by atoms with van der Waals surface area (Å²) < 4.78 is 29.5. The van der Waals surface area contributed by atoms with Crippen LogP contribution in [0.5, 0.6) is 0 Å². The van der Waals surface area contributed by atoms with Gasteiger partial charge in [0.25, 0.3) is 10.0 Å². The van der Waals surface area contributed by atoms with Crippen molar-refractivity contribution in [1.82, 2.24) is 24.8 Å². The molecule has 0 saturated heterocycles. The van der Waals surface area contributed by atoms with Gasteiger partial charge < -0.3 is 0 Å². The highest BCUT2D eigenvalue weighted by molar-refractivity contribution is 7.92. The van der Waals surface area contributed by atoms with Crippen LogP contribution in [-0.2, 0) is 10.0 Å². The van der Waals surface area contributed by atoms with Crippen LogP contribution in [0.2, 0.25) is 0 Å². The second kappa shape index (κ2) is 7.86. The Bertz CT molecular complexity index is 1500. The van der Waals surface area contributed by atoms with Gasteiger partial charge in [-0.1, -0.05) is 35.9 Å². The molecule has 2 aromatic carbocycles. The zero-order valence-electron chi connectivity index (χ0n) is 17.0. The lowest BCUT2D eigenvalue weighted by Crippen LogP contribution is -2.12. The first kappa shape index (κ1) is 19.8. The summed E-state index contributed by atoms with van der Waals surface area (Å²) in [7, 11) is -3.66. The third-order valence-electron chi connectivity index (χ3n) is 4.92. The number of aryl methyl sites for hydroxylation is 1.